The maximum atomic E-state index is 11.9. The summed E-state index contributed by atoms with van der Waals surface area (Å²) in [6.45, 7) is 0. The minimum Gasteiger partial charge on any atom is -0.248 e. The standard InChI is InChI=1S/C16H18OS2/c17-19(14-12-16-9-5-2-6-10-16)18-13-11-15-7-3-1-4-8-15/h1-10H,11-14H2. The molecule has 0 N–H and O–H groups in total. The molecule has 0 fully saturated rings. The molecule has 2 rings (SSSR count). The molecule has 1 nitrogen and oxygen atoms in total. The molecule has 1 atom stereocenters. The minimum atomic E-state index is -0.778. The van der Waals surface area contributed by atoms with Gasteiger partial charge in [-0.3, -0.25) is 0 Å². The van der Waals surface area contributed by atoms with Crippen LogP contribution in [0.3, 0.4) is 0 Å². The molecule has 2 aromatic rings. The molecular formula is C16H18OS2. The van der Waals surface area contributed by atoms with Gasteiger partial charge in [-0.25, -0.2) is 4.21 Å². The van der Waals surface area contributed by atoms with E-state index in [1.165, 1.54) is 11.1 Å². The van der Waals surface area contributed by atoms with E-state index >= 15 is 0 Å². The summed E-state index contributed by atoms with van der Waals surface area (Å²) >= 11 is 0. The van der Waals surface area contributed by atoms with Crippen LogP contribution in [0.4, 0.5) is 0 Å². The third-order valence-electron chi connectivity index (χ3n) is 2.85. The molecule has 0 radical (unpaired) electrons. The van der Waals surface area contributed by atoms with Gasteiger partial charge in [0.25, 0.3) is 0 Å². The van der Waals surface area contributed by atoms with Crippen LogP contribution in [0.1, 0.15) is 11.1 Å². The van der Waals surface area contributed by atoms with Crippen LogP contribution in [0.5, 0.6) is 0 Å². The molecule has 19 heavy (non-hydrogen) atoms. The molecule has 0 aliphatic carbocycles. The highest BCUT2D eigenvalue weighted by atomic mass is 33.1. The first-order valence-corrected chi connectivity index (χ1v) is 9.26. The molecule has 0 amide bonds. The van der Waals surface area contributed by atoms with E-state index in [-0.39, 0.29) is 0 Å². The van der Waals surface area contributed by atoms with Crippen LogP contribution in [-0.2, 0) is 22.7 Å². The highest BCUT2D eigenvalue weighted by Crippen LogP contribution is 2.13. The lowest BCUT2D eigenvalue weighted by atomic mass is 10.2. The number of hydrogen-bond acceptors (Lipinski definition) is 2. The smallest absolute Gasteiger partial charge is 0.0807 e. The summed E-state index contributed by atoms with van der Waals surface area (Å²) in [6, 6.07) is 20.6. The van der Waals surface area contributed by atoms with Gasteiger partial charge in [0.1, 0.15) is 0 Å². The van der Waals surface area contributed by atoms with E-state index in [2.05, 4.69) is 24.3 Å². The Bertz CT molecular complexity index is 497. The second-order valence-corrected chi connectivity index (χ2v) is 7.78. The molecule has 1 unspecified atom stereocenters. The average Bonchev–Trinajstić information content (AvgIpc) is 2.47. The Labute approximate surface area is 121 Å². The van der Waals surface area contributed by atoms with Gasteiger partial charge in [0.2, 0.25) is 0 Å². The molecule has 0 saturated heterocycles. The van der Waals surface area contributed by atoms with Gasteiger partial charge in [0.05, 0.1) is 9.83 Å². The largest absolute Gasteiger partial charge is 0.248 e. The molecule has 100 valence electrons. The Kier molecular flexibility index (Phi) is 6.18. The first-order valence-electron chi connectivity index (χ1n) is 6.44. The van der Waals surface area contributed by atoms with Crippen molar-refractivity contribution in [2.75, 3.05) is 11.5 Å². The maximum Gasteiger partial charge on any atom is 0.0807 e. The van der Waals surface area contributed by atoms with Crippen LogP contribution < -0.4 is 0 Å². The van der Waals surface area contributed by atoms with Crippen molar-refractivity contribution in [1.29, 1.82) is 0 Å². The van der Waals surface area contributed by atoms with Crippen molar-refractivity contribution in [3.05, 3.63) is 71.8 Å². The Balaban J connectivity index is 1.65. The lowest BCUT2D eigenvalue weighted by Crippen LogP contribution is -1.99. The Morgan fingerprint density at radius 3 is 1.89 bits per heavy atom. The number of rotatable bonds is 7. The normalized spacial score (nSPS) is 12.2. The summed E-state index contributed by atoms with van der Waals surface area (Å²) in [5.74, 6) is 1.66. The molecule has 0 spiro atoms. The third kappa shape index (κ3) is 5.62. The molecule has 2 aromatic carbocycles. The molecule has 0 bridgehead atoms. The van der Waals surface area contributed by atoms with Gasteiger partial charge in [-0.1, -0.05) is 71.5 Å². The molecule has 0 aliphatic rings. The predicted octanol–water partition coefficient (Wildman–Crippen LogP) is 3.87. The number of hydrogen-bond donors (Lipinski definition) is 0. The topological polar surface area (TPSA) is 17.1 Å². The van der Waals surface area contributed by atoms with Crippen molar-refractivity contribution in [2.45, 2.75) is 12.8 Å². The quantitative estimate of drug-likeness (QED) is 0.720. The fraction of sp³-hybridized carbons (Fsp3) is 0.250. The SMILES string of the molecule is O=S(CCc1ccccc1)SCCc1ccccc1. The van der Waals surface area contributed by atoms with E-state index in [4.69, 9.17) is 0 Å². The van der Waals surface area contributed by atoms with Gasteiger partial charge in [-0.15, -0.1) is 0 Å². The molecule has 0 saturated carbocycles. The predicted molar refractivity (Wildman–Crippen MR) is 85.8 cm³/mol. The molecule has 0 aromatic heterocycles. The van der Waals surface area contributed by atoms with Crippen molar-refractivity contribution >= 4 is 20.6 Å². The summed E-state index contributed by atoms with van der Waals surface area (Å²) in [4.78, 5) is 0. The Morgan fingerprint density at radius 1 is 0.789 bits per heavy atom. The van der Waals surface area contributed by atoms with Gasteiger partial charge >= 0.3 is 0 Å². The van der Waals surface area contributed by atoms with Gasteiger partial charge in [-0.05, 0) is 24.0 Å². The van der Waals surface area contributed by atoms with Crippen LogP contribution in [0.15, 0.2) is 60.7 Å². The van der Waals surface area contributed by atoms with E-state index in [9.17, 15) is 4.21 Å². The second-order valence-electron chi connectivity index (χ2n) is 4.30. The fourth-order valence-corrected chi connectivity index (χ4v) is 4.24. The van der Waals surface area contributed by atoms with E-state index < -0.39 is 9.83 Å². The van der Waals surface area contributed by atoms with Crippen molar-refractivity contribution in [3.63, 3.8) is 0 Å². The second kappa shape index (κ2) is 8.18. The highest BCUT2D eigenvalue weighted by molar-refractivity contribution is 8.69. The van der Waals surface area contributed by atoms with E-state index in [0.29, 0.717) is 0 Å². The van der Waals surface area contributed by atoms with Gasteiger partial charge in [0, 0.05) is 11.5 Å². The van der Waals surface area contributed by atoms with Crippen molar-refractivity contribution in [2.24, 2.45) is 0 Å². The van der Waals surface area contributed by atoms with E-state index in [1.807, 2.05) is 36.4 Å². The Morgan fingerprint density at radius 2 is 1.32 bits per heavy atom. The molecule has 0 heterocycles. The lowest BCUT2D eigenvalue weighted by molar-refractivity contribution is 0.691. The minimum absolute atomic E-state index is 0.740. The summed E-state index contributed by atoms with van der Waals surface area (Å²) in [7, 11) is 0.785. The highest BCUT2D eigenvalue weighted by Gasteiger charge is 2.02. The zero-order chi connectivity index (χ0) is 13.3. The summed E-state index contributed by atoms with van der Waals surface area (Å²) in [5.41, 5.74) is 2.58. The van der Waals surface area contributed by atoms with Crippen LogP contribution in [0.25, 0.3) is 0 Å². The van der Waals surface area contributed by atoms with E-state index in [1.54, 1.807) is 10.8 Å². The summed E-state index contributed by atoms with van der Waals surface area (Å²) in [6.07, 6.45) is 1.88. The summed E-state index contributed by atoms with van der Waals surface area (Å²) in [5, 5.41) is 0. The van der Waals surface area contributed by atoms with Gasteiger partial charge in [0.15, 0.2) is 0 Å². The number of benzene rings is 2. The van der Waals surface area contributed by atoms with Crippen LogP contribution >= 0.6 is 10.8 Å². The average molecular weight is 290 g/mol. The first kappa shape index (κ1) is 14.4. The van der Waals surface area contributed by atoms with Gasteiger partial charge in [-0.2, -0.15) is 0 Å². The first-order chi connectivity index (χ1) is 9.34. The fourth-order valence-electron chi connectivity index (χ4n) is 1.80. The van der Waals surface area contributed by atoms with E-state index in [0.717, 1.165) is 24.3 Å². The third-order valence-corrected chi connectivity index (χ3v) is 5.81. The lowest BCUT2D eigenvalue weighted by Gasteiger charge is -2.03. The monoisotopic (exact) mass is 290 g/mol. The van der Waals surface area contributed by atoms with Gasteiger partial charge < -0.3 is 0 Å². The van der Waals surface area contributed by atoms with Crippen molar-refractivity contribution in [1.82, 2.24) is 0 Å². The van der Waals surface area contributed by atoms with Crippen LogP contribution in [0.2, 0.25) is 0 Å². The Hall–Kier alpha value is -1.06. The maximum absolute atomic E-state index is 11.9. The molecule has 3 heteroatoms. The zero-order valence-electron chi connectivity index (χ0n) is 10.8. The van der Waals surface area contributed by atoms with Crippen molar-refractivity contribution < 1.29 is 4.21 Å². The molecule has 0 aliphatic heterocycles. The van der Waals surface area contributed by atoms with Crippen LogP contribution in [-0.4, -0.2) is 15.7 Å². The number of aryl methyl sites for hydroxylation is 2. The summed E-state index contributed by atoms with van der Waals surface area (Å²) < 4.78 is 11.9. The van der Waals surface area contributed by atoms with Crippen LogP contribution in [0, 0.1) is 0 Å². The zero-order valence-corrected chi connectivity index (χ0v) is 12.5. The van der Waals surface area contributed by atoms with Crippen molar-refractivity contribution in [3.8, 4) is 0 Å². The molecular weight excluding hydrogens is 272 g/mol.